The van der Waals surface area contributed by atoms with Crippen molar-refractivity contribution < 1.29 is 0 Å². The number of hydrogen-bond donors (Lipinski definition) is 1. The first kappa shape index (κ1) is 13.3. The van der Waals surface area contributed by atoms with Gasteiger partial charge in [0.1, 0.15) is 5.82 Å². The number of thiazole rings is 1. The summed E-state index contributed by atoms with van der Waals surface area (Å²) >= 11 is 1.70. The molecule has 1 N–H and O–H groups in total. The Balaban J connectivity index is 1.61. The van der Waals surface area contributed by atoms with E-state index >= 15 is 0 Å². The fourth-order valence-corrected chi connectivity index (χ4v) is 2.99. The van der Waals surface area contributed by atoms with Gasteiger partial charge in [0.25, 0.3) is 0 Å². The highest BCUT2D eigenvalue weighted by Crippen LogP contribution is 2.14. The molecule has 0 radical (unpaired) electrons. The number of aryl methyl sites for hydroxylation is 2. The summed E-state index contributed by atoms with van der Waals surface area (Å²) in [5, 5.41) is 6.68. The zero-order valence-electron chi connectivity index (χ0n) is 11.8. The number of hydrogen-bond acceptors (Lipinski definition) is 4. The van der Waals surface area contributed by atoms with Crippen molar-refractivity contribution in [2.75, 3.05) is 6.54 Å². The Morgan fingerprint density at radius 2 is 2.05 bits per heavy atom. The van der Waals surface area contributed by atoms with Crippen LogP contribution < -0.4 is 5.32 Å². The second-order valence-electron chi connectivity index (χ2n) is 4.83. The third-order valence-corrected chi connectivity index (χ3v) is 4.15. The van der Waals surface area contributed by atoms with E-state index in [1.54, 1.807) is 11.3 Å². The van der Waals surface area contributed by atoms with Gasteiger partial charge >= 0.3 is 0 Å². The third-order valence-electron chi connectivity index (χ3n) is 3.33. The van der Waals surface area contributed by atoms with Gasteiger partial charge in [-0.15, -0.1) is 11.3 Å². The number of fused-ring (bicyclic) bond motifs is 1. The minimum atomic E-state index is 0.829. The molecule has 0 fully saturated rings. The molecule has 3 aromatic rings. The average molecular weight is 286 g/mol. The van der Waals surface area contributed by atoms with Crippen molar-refractivity contribution in [1.82, 2.24) is 19.9 Å². The molecule has 1 aromatic carbocycles. The molecule has 0 bridgehead atoms. The van der Waals surface area contributed by atoms with Gasteiger partial charge in [-0.3, -0.25) is 0 Å². The lowest BCUT2D eigenvalue weighted by atomic mass is 10.3. The van der Waals surface area contributed by atoms with Gasteiger partial charge in [-0.25, -0.2) is 9.97 Å². The standard InChI is InChI=1S/C15H18N4S/c1-11-17-14-5-3-4-6-15(14)19(11)8-7-16-9-13-10-20-12(2)18-13/h3-6,10,16H,7-9H2,1-2H3. The first-order valence-corrected chi connectivity index (χ1v) is 7.65. The van der Waals surface area contributed by atoms with E-state index in [0.29, 0.717) is 0 Å². The average Bonchev–Trinajstić information content (AvgIpc) is 2.98. The van der Waals surface area contributed by atoms with Gasteiger partial charge in [-0.2, -0.15) is 0 Å². The Labute approximate surface area is 122 Å². The second-order valence-corrected chi connectivity index (χ2v) is 5.90. The molecule has 0 spiro atoms. The monoisotopic (exact) mass is 286 g/mol. The van der Waals surface area contributed by atoms with Gasteiger partial charge in [0.05, 0.1) is 21.7 Å². The van der Waals surface area contributed by atoms with Crippen LogP contribution >= 0.6 is 11.3 Å². The van der Waals surface area contributed by atoms with Crippen LogP contribution in [0.15, 0.2) is 29.6 Å². The van der Waals surface area contributed by atoms with Crippen LogP contribution in [0.3, 0.4) is 0 Å². The molecular weight excluding hydrogens is 268 g/mol. The SMILES string of the molecule is Cc1nc(CNCCn2c(C)nc3ccccc32)cs1. The van der Waals surface area contributed by atoms with Crippen LogP contribution in [0.4, 0.5) is 0 Å². The molecule has 3 rings (SSSR count). The maximum absolute atomic E-state index is 4.58. The molecule has 2 heterocycles. The molecule has 2 aromatic heterocycles. The van der Waals surface area contributed by atoms with E-state index in [1.165, 1.54) is 5.52 Å². The molecule has 0 aliphatic rings. The summed E-state index contributed by atoms with van der Waals surface area (Å²) in [5.41, 5.74) is 3.40. The molecule has 0 atom stereocenters. The number of benzene rings is 1. The molecule has 0 unspecified atom stereocenters. The Morgan fingerprint density at radius 3 is 2.85 bits per heavy atom. The predicted molar refractivity (Wildman–Crippen MR) is 83.0 cm³/mol. The Morgan fingerprint density at radius 1 is 1.20 bits per heavy atom. The first-order valence-electron chi connectivity index (χ1n) is 6.77. The Kier molecular flexibility index (Phi) is 3.80. The second kappa shape index (κ2) is 5.73. The summed E-state index contributed by atoms with van der Waals surface area (Å²) in [6.45, 7) is 6.77. The van der Waals surface area contributed by atoms with E-state index < -0.39 is 0 Å². The van der Waals surface area contributed by atoms with Crippen molar-refractivity contribution in [3.05, 3.63) is 46.2 Å². The van der Waals surface area contributed by atoms with Crippen molar-refractivity contribution >= 4 is 22.4 Å². The highest BCUT2D eigenvalue weighted by atomic mass is 32.1. The lowest BCUT2D eigenvalue weighted by Gasteiger charge is -2.07. The van der Waals surface area contributed by atoms with Crippen molar-refractivity contribution in [3.63, 3.8) is 0 Å². The van der Waals surface area contributed by atoms with Gasteiger partial charge in [0.2, 0.25) is 0 Å². The van der Waals surface area contributed by atoms with Crippen LogP contribution in [0.25, 0.3) is 11.0 Å². The number of para-hydroxylation sites is 2. The summed E-state index contributed by atoms with van der Waals surface area (Å²) < 4.78 is 2.26. The van der Waals surface area contributed by atoms with Gasteiger partial charge in [0.15, 0.2) is 0 Å². The van der Waals surface area contributed by atoms with Gasteiger partial charge in [-0.1, -0.05) is 12.1 Å². The normalized spacial score (nSPS) is 11.3. The van der Waals surface area contributed by atoms with Crippen LogP contribution in [0, 0.1) is 13.8 Å². The minimum Gasteiger partial charge on any atom is -0.327 e. The molecule has 0 saturated carbocycles. The van der Waals surface area contributed by atoms with Crippen LogP contribution in [0.5, 0.6) is 0 Å². The van der Waals surface area contributed by atoms with Crippen molar-refractivity contribution in [2.45, 2.75) is 26.9 Å². The molecule has 4 nitrogen and oxygen atoms in total. The fourth-order valence-electron chi connectivity index (χ4n) is 2.37. The number of imidazole rings is 1. The largest absolute Gasteiger partial charge is 0.327 e. The van der Waals surface area contributed by atoms with Crippen LogP contribution in [-0.4, -0.2) is 21.1 Å². The summed E-state index contributed by atoms with van der Waals surface area (Å²) in [4.78, 5) is 9.03. The smallest absolute Gasteiger partial charge is 0.106 e. The Bertz CT molecular complexity index is 714. The molecule has 0 aliphatic heterocycles. The number of rotatable bonds is 5. The van der Waals surface area contributed by atoms with E-state index in [-0.39, 0.29) is 0 Å². The zero-order chi connectivity index (χ0) is 13.9. The number of nitrogens with zero attached hydrogens (tertiary/aromatic N) is 3. The summed E-state index contributed by atoms with van der Waals surface area (Å²) in [6, 6.07) is 8.27. The molecule has 104 valence electrons. The quantitative estimate of drug-likeness (QED) is 0.733. The van der Waals surface area contributed by atoms with Gasteiger partial charge < -0.3 is 9.88 Å². The maximum atomic E-state index is 4.58. The lowest BCUT2D eigenvalue weighted by Crippen LogP contribution is -2.20. The highest BCUT2D eigenvalue weighted by molar-refractivity contribution is 7.09. The van der Waals surface area contributed by atoms with Crippen molar-refractivity contribution in [3.8, 4) is 0 Å². The molecule has 0 saturated heterocycles. The van der Waals surface area contributed by atoms with Gasteiger partial charge in [0, 0.05) is 25.0 Å². The van der Waals surface area contributed by atoms with E-state index in [0.717, 1.165) is 41.7 Å². The molecular formula is C15H18N4S. The lowest BCUT2D eigenvalue weighted by molar-refractivity contribution is 0.593. The summed E-state index contributed by atoms with van der Waals surface area (Å²) in [7, 11) is 0. The van der Waals surface area contributed by atoms with Crippen LogP contribution in [0.2, 0.25) is 0 Å². The van der Waals surface area contributed by atoms with E-state index in [4.69, 9.17) is 0 Å². The zero-order valence-corrected chi connectivity index (χ0v) is 12.6. The van der Waals surface area contributed by atoms with E-state index in [1.807, 2.05) is 13.0 Å². The fraction of sp³-hybridized carbons (Fsp3) is 0.333. The maximum Gasteiger partial charge on any atom is 0.106 e. The first-order chi connectivity index (χ1) is 9.74. The molecule has 5 heteroatoms. The van der Waals surface area contributed by atoms with E-state index in [9.17, 15) is 0 Å². The summed E-state index contributed by atoms with van der Waals surface area (Å²) in [6.07, 6.45) is 0. The van der Waals surface area contributed by atoms with Crippen LogP contribution in [0.1, 0.15) is 16.5 Å². The number of nitrogens with one attached hydrogen (secondary N) is 1. The topological polar surface area (TPSA) is 42.7 Å². The van der Waals surface area contributed by atoms with Crippen molar-refractivity contribution in [2.24, 2.45) is 0 Å². The predicted octanol–water partition coefficient (Wildman–Crippen LogP) is 2.90. The molecule has 0 amide bonds. The highest BCUT2D eigenvalue weighted by Gasteiger charge is 2.05. The van der Waals surface area contributed by atoms with Gasteiger partial charge in [-0.05, 0) is 26.0 Å². The van der Waals surface area contributed by atoms with Crippen LogP contribution in [-0.2, 0) is 13.1 Å². The molecule has 0 aliphatic carbocycles. The third kappa shape index (κ3) is 2.73. The minimum absolute atomic E-state index is 0.829. The Hall–Kier alpha value is -1.72. The summed E-state index contributed by atoms with van der Waals surface area (Å²) in [5.74, 6) is 1.07. The van der Waals surface area contributed by atoms with E-state index in [2.05, 4.69) is 50.4 Å². The number of aromatic nitrogens is 3. The molecule has 20 heavy (non-hydrogen) atoms. The van der Waals surface area contributed by atoms with Crippen molar-refractivity contribution in [1.29, 1.82) is 0 Å².